The third-order valence-electron chi connectivity index (χ3n) is 5.18. The van der Waals surface area contributed by atoms with E-state index in [1.54, 1.807) is 7.11 Å². The van der Waals surface area contributed by atoms with Crippen LogP contribution in [0.15, 0.2) is 59.6 Å². The molecule has 5 nitrogen and oxygen atoms in total. The summed E-state index contributed by atoms with van der Waals surface area (Å²) in [5, 5.41) is 3.43. The van der Waals surface area contributed by atoms with Crippen molar-refractivity contribution in [2.75, 3.05) is 45.2 Å². The number of nitrogens with zero attached hydrogens (tertiary/aromatic N) is 3. The number of para-hydroxylation sites is 1. The van der Waals surface area contributed by atoms with Crippen LogP contribution in [0.5, 0.6) is 5.75 Å². The molecule has 0 aliphatic carbocycles. The summed E-state index contributed by atoms with van der Waals surface area (Å²) in [6.07, 6.45) is 1.19. The molecule has 5 heteroatoms. The van der Waals surface area contributed by atoms with E-state index in [1.807, 2.05) is 12.1 Å². The molecule has 1 aliphatic heterocycles. The van der Waals surface area contributed by atoms with E-state index in [0.717, 1.165) is 44.4 Å². The molecule has 0 amide bonds. The summed E-state index contributed by atoms with van der Waals surface area (Å²) in [6, 6.07) is 18.9. The molecule has 0 spiro atoms. The average molecular weight is 381 g/mol. The molecule has 28 heavy (non-hydrogen) atoms. The second kappa shape index (κ2) is 10.0. The molecule has 1 unspecified atom stereocenters. The van der Waals surface area contributed by atoms with Gasteiger partial charge in [-0.25, -0.2) is 0 Å². The number of benzene rings is 2. The van der Waals surface area contributed by atoms with E-state index in [-0.39, 0.29) is 0 Å². The van der Waals surface area contributed by atoms with Crippen LogP contribution in [0, 0.1) is 5.92 Å². The maximum atomic E-state index is 5.24. The highest BCUT2D eigenvalue weighted by molar-refractivity contribution is 5.79. The van der Waals surface area contributed by atoms with Crippen LogP contribution in [0.2, 0.25) is 0 Å². The highest BCUT2D eigenvalue weighted by Crippen LogP contribution is 2.23. The van der Waals surface area contributed by atoms with E-state index in [4.69, 9.17) is 9.73 Å². The zero-order chi connectivity index (χ0) is 19.8. The monoisotopic (exact) mass is 380 g/mol. The normalized spacial score (nSPS) is 16.9. The minimum absolute atomic E-state index is 0.600. The van der Waals surface area contributed by atoms with Crippen LogP contribution in [0.1, 0.15) is 18.9 Å². The van der Waals surface area contributed by atoms with Crippen LogP contribution in [0.3, 0.4) is 0 Å². The molecule has 3 rings (SSSR count). The van der Waals surface area contributed by atoms with Crippen LogP contribution < -0.4 is 15.0 Å². The summed E-state index contributed by atoms with van der Waals surface area (Å²) >= 11 is 0. The van der Waals surface area contributed by atoms with Crippen LogP contribution in [0.25, 0.3) is 0 Å². The first-order chi connectivity index (χ1) is 13.7. The smallest absolute Gasteiger partial charge is 0.193 e. The lowest BCUT2D eigenvalue weighted by atomic mass is 10.1. The fourth-order valence-corrected chi connectivity index (χ4v) is 3.62. The van der Waals surface area contributed by atoms with Gasteiger partial charge in [0.2, 0.25) is 0 Å². The number of guanidine groups is 1. The van der Waals surface area contributed by atoms with E-state index in [0.29, 0.717) is 5.92 Å². The van der Waals surface area contributed by atoms with Crippen molar-refractivity contribution in [3.63, 3.8) is 0 Å². The van der Waals surface area contributed by atoms with E-state index in [2.05, 4.69) is 71.6 Å². The highest BCUT2D eigenvalue weighted by atomic mass is 16.5. The summed E-state index contributed by atoms with van der Waals surface area (Å²) in [7, 11) is 3.79. The van der Waals surface area contributed by atoms with Gasteiger partial charge >= 0.3 is 0 Å². The Labute approximate surface area is 169 Å². The molecule has 1 fully saturated rings. The highest BCUT2D eigenvalue weighted by Gasteiger charge is 2.22. The van der Waals surface area contributed by atoms with Gasteiger partial charge in [-0.2, -0.15) is 0 Å². The van der Waals surface area contributed by atoms with Crippen molar-refractivity contribution in [2.45, 2.75) is 19.9 Å². The maximum Gasteiger partial charge on any atom is 0.193 e. The van der Waals surface area contributed by atoms with E-state index in [1.165, 1.54) is 17.7 Å². The number of rotatable bonds is 7. The lowest BCUT2D eigenvalue weighted by molar-refractivity contribution is 0.414. The Morgan fingerprint density at radius 1 is 1.18 bits per heavy atom. The van der Waals surface area contributed by atoms with Gasteiger partial charge < -0.3 is 19.9 Å². The molecule has 0 saturated carbocycles. The van der Waals surface area contributed by atoms with Crippen LogP contribution in [0.4, 0.5) is 5.69 Å². The zero-order valence-corrected chi connectivity index (χ0v) is 17.3. The Bertz CT molecular complexity index is 745. The van der Waals surface area contributed by atoms with Crippen molar-refractivity contribution < 1.29 is 4.74 Å². The summed E-state index contributed by atoms with van der Waals surface area (Å²) < 4.78 is 5.24. The summed E-state index contributed by atoms with van der Waals surface area (Å²) in [6.45, 7) is 6.85. The molecule has 0 aromatic heterocycles. The molecule has 2 aromatic carbocycles. The molecule has 1 N–H and O–H groups in total. The molecule has 2 aromatic rings. The van der Waals surface area contributed by atoms with Gasteiger partial charge in [-0.15, -0.1) is 0 Å². The Morgan fingerprint density at radius 3 is 2.61 bits per heavy atom. The van der Waals surface area contributed by atoms with Crippen molar-refractivity contribution >= 4 is 11.6 Å². The molecular weight excluding hydrogens is 348 g/mol. The van der Waals surface area contributed by atoms with Crippen molar-refractivity contribution in [3.05, 3.63) is 60.2 Å². The Morgan fingerprint density at radius 2 is 1.93 bits per heavy atom. The fourth-order valence-electron chi connectivity index (χ4n) is 3.62. The van der Waals surface area contributed by atoms with Gasteiger partial charge in [-0.05, 0) is 49.1 Å². The Kier molecular flexibility index (Phi) is 7.18. The van der Waals surface area contributed by atoms with Gasteiger partial charge in [0, 0.05) is 45.5 Å². The number of hydrogen-bond donors (Lipinski definition) is 1. The van der Waals surface area contributed by atoms with Crippen molar-refractivity contribution in [1.29, 1.82) is 0 Å². The third kappa shape index (κ3) is 5.41. The largest absolute Gasteiger partial charge is 0.497 e. The SMILES string of the molecule is CCNC(=NCC1CCN(c2ccccc2)C1)N(C)Cc1ccc(OC)cc1. The lowest BCUT2D eigenvalue weighted by Crippen LogP contribution is -2.39. The van der Waals surface area contributed by atoms with Crippen LogP contribution in [-0.4, -0.2) is 51.2 Å². The predicted molar refractivity (Wildman–Crippen MR) is 117 cm³/mol. The van der Waals surface area contributed by atoms with Gasteiger partial charge in [0.15, 0.2) is 5.96 Å². The Balaban J connectivity index is 1.57. The second-order valence-electron chi connectivity index (χ2n) is 7.34. The molecular formula is C23H32N4O. The van der Waals surface area contributed by atoms with Crippen molar-refractivity contribution in [1.82, 2.24) is 10.2 Å². The van der Waals surface area contributed by atoms with Gasteiger partial charge in [0.05, 0.1) is 7.11 Å². The molecule has 1 aliphatic rings. The topological polar surface area (TPSA) is 40.1 Å². The average Bonchev–Trinajstić information content (AvgIpc) is 3.21. The number of anilines is 1. The standard InChI is InChI=1S/C23H32N4O/c1-4-24-23(26(2)17-19-10-12-22(28-3)13-11-19)25-16-20-14-15-27(18-20)21-8-6-5-7-9-21/h5-13,20H,4,14-18H2,1-3H3,(H,24,25). The quantitative estimate of drug-likeness (QED) is 0.588. The molecule has 150 valence electrons. The molecule has 0 radical (unpaired) electrons. The van der Waals surface area contributed by atoms with Crippen LogP contribution in [-0.2, 0) is 6.54 Å². The number of hydrogen-bond acceptors (Lipinski definition) is 3. The van der Waals surface area contributed by atoms with Crippen LogP contribution >= 0.6 is 0 Å². The summed E-state index contributed by atoms with van der Waals surface area (Å²) in [4.78, 5) is 9.59. The predicted octanol–water partition coefficient (Wildman–Crippen LogP) is 3.62. The minimum Gasteiger partial charge on any atom is -0.497 e. The fraction of sp³-hybridized carbons (Fsp3) is 0.435. The second-order valence-corrected chi connectivity index (χ2v) is 7.34. The van der Waals surface area contributed by atoms with Gasteiger partial charge in [0.1, 0.15) is 5.75 Å². The van der Waals surface area contributed by atoms with E-state index >= 15 is 0 Å². The third-order valence-corrected chi connectivity index (χ3v) is 5.18. The maximum absolute atomic E-state index is 5.24. The minimum atomic E-state index is 0.600. The van der Waals surface area contributed by atoms with Crippen molar-refractivity contribution in [2.24, 2.45) is 10.9 Å². The number of aliphatic imine (C=N–C) groups is 1. The Hall–Kier alpha value is -2.69. The lowest BCUT2D eigenvalue weighted by Gasteiger charge is -2.23. The zero-order valence-electron chi connectivity index (χ0n) is 17.3. The van der Waals surface area contributed by atoms with Gasteiger partial charge in [-0.3, -0.25) is 4.99 Å². The first kappa shape index (κ1) is 20.1. The van der Waals surface area contributed by atoms with Gasteiger partial charge in [-0.1, -0.05) is 30.3 Å². The first-order valence-corrected chi connectivity index (χ1v) is 10.1. The van der Waals surface area contributed by atoms with Crippen molar-refractivity contribution in [3.8, 4) is 5.75 Å². The van der Waals surface area contributed by atoms with E-state index < -0.39 is 0 Å². The number of ether oxygens (including phenoxy) is 1. The molecule has 1 atom stereocenters. The first-order valence-electron chi connectivity index (χ1n) is 10.1. The molecule has 1 saturated heterocycles. The summed E-state index contributed by atoms with van der Waals surface area (Å²) in [5.41, 5.74) is 2.56. The van der Waals surface area contributed by atoms with E-state index in [9.17, 15) is 0 Å². The molecule has 0 bridgehead atoms. The number of methoxy groups -OCH3 is 1. The number of nitrogens with one attached hydrogen (secondary N) is 1. The summed E-state index contributed by atoms with van der Waals surface area (Å²) in [5.74, 6) is 2.45. The molecule has 1 heterocycles. The van der Waals surface area contributed by atoms with Gasteiger partial charge in [0.25, 0.3) is 0 Å².